The topological polar surface area (TPSA) is 43.4 Å². The fourth-order valence-corrected chi connectivity index (χ4v) is 1.89. The van der Waals surface area contributed by atoms with Crippen LogP contribution in [0, 0.1) is 5.92 Å². The van der Waals surface area contributed by atoms with E-state index < -0.39 is 2.33 Å². The van der Waals surface area contributed by atoms with E-state index in [1.165, 1.54) is 0 Å². The van der Waals surface area contributed by atoms with Gasteiger partial charge in [-0.2, -0.15) is 0 Å². The molecule has 0 aromatic carbocycles. The number of ether oxygens (including phenoxy) is 1. The number of hydrogen-bond donors (Lipinski definition) is 0. The molecule has 16 heavy (non-hydrogen) atoms. The van der Waals surface area contributed by atoms with Crippen molar-refractivity contribution in [1.29, 1.82) is 0 Å². The molecule has 1 aliphatic heterocycles. The fourth-order valence-electron chi connectivity index (χ4n) is 1.47. The Morgan fingerprint density at radius 1 is 1.50 bits per heavy atom. The molecule has 90 valence electrons. The van der Waals surface area contributed by atoms with E-state index in [2.05, 4.69) is 15.9 Å². The van der Waals surface area contributed by atoms with Gasteiger partial charge in [-0.15, -0.1) is 0 Å². The minimum atomic E-state index is -0.734. The van der Waals surface area contributed by atoms with E-state index >= 15 is 0 Å². The third kappa shape index (κ3) is 2.67. The van der Waals surface area contributed by atoms with Crippen LogP contribution in [0.5, 0.6) is 0 Å². The summed E-state index contributed by atoms with van der Waals surface area (Å²) >= 11 is 5.25. The van der Waals surface area contributed by atoms with Crippen molar-refractivity contribution < 1.29 is 14.3 Å². The Balaban J connectivity index is 3.14. The second-order valence-electron chi connectivity index (χ2n) is 4.15. The zero-order valence-electron chi connectivity index (χ0n) is 9.64. The van der Waals surface area contributed by atoms with E-state index in [0.29, 0.717) is 5.57 Å². The third-order valence-corrected chi connectivity index (χ3v) is 3.59. The highest BCUT2D eigenvalue weighted by molar-refractivity contribution is 14.1. The van der Waals surface area contributed by atoms with Gasteiger partial charge in [-0.1, -0.05) is 45.4 Å². The summed E-state index contributed by atoms with van der Waals surface area (Å²) in [6.07, 6.45) is -0.249. The first-order valence-corrected chi connectivity index (χ1v) is 6.87. The van der Waals surface area contributed by atoms with Gasteiger partial charge in [0, 0.05) is 5.57 Å². The van der Waals surface area contributed by atoms with Crippen molar-refractivity contribution in [1.82, 2.24) is 0 Å². The molecule has 1 rings (SSSR count). The molecule has 0 radical (unpaired) electrons. The van der Waals surface area contributed by atoms with E-state index in [9.17, 15) is 9.59 Å². The average Bonchev–Trinajstić information content (AvgIpc) is 2.18. The maximum absolute atomic E-state index is 12.0. The van der Waals surface area contributed by atoms with Gasteiger partial charge in [-0.25, -0.2) is 0 Å². The van der Waals surface area contributed by atoms with Gasteiger partial charge in [0.15, 0.2) is 11.5 Å². The first kappa shape index (κ1) is 14.2. The van der Waals surface area contributed by atoms with E-state index in [4.69, 9.17) is 4.74 Å². The molecule has 0 spiro atoms. The quantitative estimate of drug-likeness (QED) is 0.528. The lowest BCUT2D eigenvalue weighted by Crippen LogP contribution is -2.37. The third-order valence-electron chi connectivity index (χ3n) is 2.74. The lowest BCUT2D eigenvalue weighted by Gasteiger charge is -2.30. The van der Waals surface area contributed by atoms with Crippen molar-refractivity contribution in [2.24, 2.45) is 5.92 Å². The number of ketones is 2. The zero-order chi connectivity index (χ0) is 12.7. The molecule has 0 aliphatic carbocycles. The molecule has 1 heterocycles. The lowest BCUT2D eigenvalue weighted by molar-refractivity contribution is -0.129. The minimum Gasteiger partial charge on any atom is -0.486 e. The largest absolute Gasteiger partial charge is 0.486 e. The van der Waals surface area contributed by atoms with Crippen LogP contribution >= 0.6 is 38.5 Å². The van der Waals surface area contributed by atoms with Crippen LogP contribution in [0.1, 0.15) is 27.7 Å². The summed E-state index contributed by atoms with van der Waals surface area (Å²) < 4.78 is 4.81. The van der Waals surface area contributed by atoms with Crippen molar-refractivity contribution in [3.63, 3.8) is 0 Å². The van der Waals surface area contributed by atoms with Crippen LogP contribution in [-0.4, -0.2) is 20.0 Å². The van der Waals surface area contributed by atoms with Crippen LogP contribution in [0.25, 0.3) is 0 Å². The number of halogens is 2. The highest BCUT2D eigenvalue weighted by Crippen LogP contribution is 2.34. The molecule has 0 aromatic heterocycles. The molecular weight excluding hydrogens is 387 g/mol. The number of carbonyl (C=O) groups excluding carboxylic acids is 2. The van der Waals surface area contributed by atoms with Crippen molar-refractivity contribution in [2.45, 2.75) is 36.1 Å². The Labute approximate surface area is 117 Å². The monoisotopic (exact) mass is 400 g/mol. The molecule has 0 fully saturated rings. The molecule has 0 aromatic rings. The number of allylic oxidation sites excluding steroid dienone is 2. The second kappa shape index (κ2) is 4.76. The Morgan fingerprint density at radius 3 is 2.44 bits per heavy atom. The maximum atomic E-state index is 12.0. The molecule has 3 atom stereocenters. The van der Waals surface area contributed by atoms with Gasteiger partial charge >= 0.3 is 0 Å². The van der Waals surface area contributed by atoms with Gasteiger partial charge in [0.2, 0.25) is 5.78 Å². The van der Waals surface area contributed by atoms with Crippen LogP contribution in [0.3, 0.4) is 0 Å². The van der Waals surface area contributed by atoms with Crippen LogP contribution in [0.2, 0.25) is 0 Å². The number of hydrogen-bond acceptors (Lipinski definition) is 3. The van der Waals surface area contributed by atoms with E-state index in [0.717, 1.165) is 0 Å². The number of alkyl halides is 2. The summed E-state index contributed by atoms with van der Waals surface area (Å²) in [6, 6.07) is 0. The van der Waals surface area contributed by atoms with Gasteiger partial charge in [0.1, 0.15) is 8.43 Å². The predicted molar refractivity (Wildman–Crippen MR) is 73.8 cm³/mol. The Bertz CT molecular complexity index is 368. The SMILES string of the molecule is CC1=C(C(=O)C(C)(Br)I)OC(C)C(C)C1=O. The first-order valence-electron chi connectivity index (χ1n) is 5.00. The van der Waals surface area contributed by atoms with Crippen LogP contribution < -0.4 is 0 Å². The Kier molecular flexibility index (Phi) is 4.21. The highest BCUT2D eigenvalue weighted by atomic mass is 127. The van der Waals surface area contributed by atoms with E-state index in [-0.39, 0.29) is 29.3 Å². The van der Waals surface area contributed by atoms with Gasteiger partial charge in [-0.05, 0) is 20.8 Å². The molecule has 3 nitrogen and oxygen atoms in total. The molecule has 0 bridgehead atoms. The van der Waals surface area contributed by atoms with Gasteiger partial charge in [0.05, 0.1) is 5.92 Å². The molecule has 0 saturated carbocycles. The van der Waals surface area contributed by atoms with Gasteiger partial charge < -0.3 is 4.74 Å². The van der Waals surface area contributed by atoms with Crippen LogP contribution in [0.15, 0.2) is 11.3 Å². The van der Waals surface area contributed by atoms with E-state index in [1.54, 1.807) is 20.8 Å². The Hall–Kier alpha value is 0.0900. The number of rotatable bonds is 2. The fraction of sp³-hybridized carbons (Fsp3) is 0.636. The molecule has 0 N–H and O–H groups in total. The highest BCUT2D eigenvalue weighted by Gasteiger charge is 2.39. The first-order chi connectivity index (χ1) is 7.16. The smallest absolute Gasteiger partial charge is 0.223 e. The van der Waals surface area contributed by atoms with Gasteiger partial charge in [-0.3, -0.25) is 9.59 Å². The number of carbonyl (C=O) groups is 2. The lowest BCUT2D eigenvalue weighted by atomic mass is 9.91. The summed E-state index contributed by atoms with van der Waals surface area (Å²) in [5.41, 5.74) is 0.429. The normalized spacial score (nSPS) is 29.8. The second-order valence-corrected chi connectivity index (χ2v) is 9.37. The van der Waals surface area contributed by atoms with Crippen molar-refractivity contribution in [3.8, 4) is 0 Å². The molecule has 0 amide bonds. The van der Waals surface area contributed by atoms with Gasteiger partial charge in [0.25, 0.3) is 0 Å². The summed E-state index contributed by atoms with van der Waals surface area (Å²) in [7, 11) is 0. The molecule has 0 saturated heterocycles. The maximum Gasteiger partial charge on any atom is 0.223 e. The summed E-state index contributed by atoms with van der Waals surface area (Å²) in [6.45, 7) is 7.00. The van der Waals surface area contributed by atoms with Crippen LogP contribution in [-0.2, 0) is 14.3 Å². The Morgan fingerprint density at radius 2 is 2.00 bits per heavy atom. The van der Waals surface area contributed by atoms with E-state index in [1.807, 2.05) is 29.5 Å². The standard InChI is InChI=1S/C11H14BrIO3/c1-5-7(3)16-9(6(2)8(5)14)10(15)11(4,12)13/h5,7H,1-4H3. The molecule has 5 heteroatoms. The van der Waals surface area contributed by atoms with Crippen molar-refractivity contribution >= 4 is 50.1 Å². The minimum absolute atomic E-state index is 0.00440. The van der Waals surface area contributed by atoms with Crippen molar-refractivity contribution in [2.75, 3.05) is 0 Å². The average molecular weight is 401 g/mol. The summed E-state index contributed by atoms with van der Waals surface area (Å²) in [5, 5.41) is 0. The molecule has 1 aliphatic rings. The molecular formula is C11H14BrIO3. The summed E-state index contributed by atoms with van der Waals surface area (Å²) in [5.74, 6) is -0.190. The predicted octanol–water partition coefficient (Wildman–Crippen LogP) is 3.00. The van der Waals surface area contributed by atoms with Crippen molar-refractivity contribution in [3.05, 3.63) is 11.3 Å². The number of Topliss-reactive ketones (excluding diaryl/α,β-unsaturated/α-hetero) is 2. The summed E-state index contributed by atoms with van der Waals surface area (Å²) in [4.78, 5) is 23.9. The zero-order valence-corrected chi connectivity index (χ0v) is 13.4. The van der Waals surface area contributed by atoms with Crippen LogP contribution in [0.4, 0.5) is 0 Å². The molecule has 3 unspecified atom stereocenters.